The van der Waals surface area contributed by atoms with E-state index in [-0.39, 0.29) is 5.91 Å². The maximum Gasteiger partial charge on any atom is 0.226 e. The minimum absolute atomic E-state index is 0.153. The van der Waals surface area contributed by atoms with Gasteiger partial charge < -0.3 is 4.90 Å². The maximum atomic E-state index is 13.5. The van der Waals surface area contributed by atoms with E-state index in [0.29, 0.717) is 17.0 Å². The number of amides is 1. The second kappa shape index (κ2) is 7.11. The molecule has 1 amide bonds. The third-order valence-electron chi connectivity index (χ3n) is 4.68. The number of rotatable bonds is 3. The van der Waals surface area contributed by atoms with Crippen LogP contribution in [-0.2, 0) is 11.2 Å². The fourth-order valence-electron chi connectivity index (χ4n) is 3.27. The molecule has 1 fully saturated rings. The van der Waals surface area contributed by atoms with Gasteiger partial charge in [-0.3, -0.25) is 4.79 Å². The summed E-state index contributed by atoms with van der Waals surface area (Å²) in [6.45, 7) is 1.69. The van der Waals surface area contributed by atoms with Crippen LogP contribution in [0.4, 0.5) is 8.78 Å². The van der Waals surface area contributed by atoms with E-state index in [1.165, 1.54) is 23.8 Å². The van der Waals surface area contributed by atoms with Gasteiger partial charge in [0.2, 0.25) is 5.91 Å². The lowest BCUT2D eigenvalue weighted by atomic mass is 10.1. The molecule has 0 saturated carbocycles. The van der Waals surface area contributed by atoms with Crippen LogP contribution < -0.4 is 0 Å². The van der Waals surface area contributed by atoms with E-state index in [0.717, 1.165) is 53.8 Å². The number of carbonyl (C=O) groups is 1. The molecule has 1 aliphatic rings. The number of aromatic nitrogens is 1. The molecule has 134 valence electrons. The zero-order valence-electron chi connectivity index (χ0n) is 14.2. The van der Waals surface area contributed by atoms with Gasteiger partial charge in [0, 0.05) is 18.7 Å². The maximum absolute atomic E-state index is 13.5. The summed E-state index contributed by atoms with van der Waals surface area (Å²) in [7, 11) is 0. The van der Waals surface area contributed by atoms with Crippen LogP contribution in [0.1, 0.15) is 24.8 Å². The van der Waals surface area contributed by atoms with Crippen molar-refractivity contribution < 1.29 is 13.6 Å². The van der Waals surface area contributed by atoms with Gasteiger partial charge in [0.25, 0.3) is 0 Å². The van der Waals surface area contributed by atoms with Crippen LogP contribution in [-0.4, -0.2) is 28.9 Å². The molecule has 0 N–H and O–H groups in total. The largest absolute Gasteiger partial charge is 0.342 e. The summed E-state index contributed by atoms with van der Waals surface area (Å²) in [5.41, 5.74) is 2.25. The average Bonchev–Trinajstić information content (AvgIpc) is 3.08. The normalized spacial score (nSPS) is 14.8. The average molecular weight is 372 g/mol. The first-order valence-electron chi connectivity index (χ1n) is 8.73. The highest BCUT2D eigenvalue weighted by Crippen LogP contribution is 2.31. The highest BCUT2D eigenvalue weighted by atomic mass is 32.1. The van der Waals surface area contributed by atoms with E-state index in [9.17, 15) is 13.6 Å². The van der Waals surface area contributed by atoms with Crippen molar-refractivity contribution in [2.24, 2.45) is 0 Å². The predicted molar refractivity (Wildman–Crippen MR) is 99.1 cm³/mol. The Kier molecular flexibility index (Phi) is 4.68. The molecule has 0 radical (unpaired) electrons. The van der Waals surface area contributed by atoms with Gasteiger partial charge in [0.1, 0.15) is 5.01 Å². The van der Waals surface area contributed by atoms with Crippen LogP contribution >= 0.6 is 11.3 Å². The molecule has 0 aliphatic carbocycles. The van der Waals surface area contributed by atoms with Crippen molar-refractivity contribution in [1.82, 2.24) is 9.88 Å². The summed E-state index contributed by atoms with van der Waals surface area (Å²) in [4.78, 5) is 18.9. The number of nitrogens with zero attached hydrogens (tertiary/aromatic N) is 2. The summed E-state index contributed by atoms with van der Waals surface area (Å²) >= 11 is 1.43. The standard InChI is InChI=1S/C20H18F2N2OS/c21-15-6-5-14(12-16(15)22)20-23-17-10-13(4-7-18(17)26-20)11-19(25)24-8-2-1-3-9-24/h4-7,10,12H,1-3,8-9,11H2. The Morgan fingerprint density at radius 1 is 1.04 bits per heavy atom. The van der Waals surface area contributed by atoms with E-state index in [2.05, 4.69) is 4.98 Å². The molecule has 0 bridgehead atoms. The summed E-state index contributed by atoms with van der Waals surface area (Å²) in [6, 6.07) is 9.59. The van der Waals surface area contributed by atoms with Crippen molar-refractivity contribution in [3.05, 3.63) is 53.6 Å². The topological polar surface area (TPSA) is 33.2 Å². The molecule has 0 spiro atoms. The number of fused-ring (bicyclic) bond motifs is 1. The molecule has 0 unspecified atom stereocenters. The molecule has 26 heavy (non-hydrogen) atoms. The Balaban J connectivity index is 1.57. The van der Waals surface area contributed by atoms with Crippen LogP contribution in [0.3, 0.4) is 0 Å². The smallest absolute Gasteiger partial charge is 0.226 e. The zero-order chi connectivity index (χ0) is 18.1. The summed E-state index contributed by atoms with van der Waals surface area (Å²) in [5, 5.41) is 0.637. The molecule has 0 atom stereocenters. The molecule has 6 heteroatoms. The van der Waals surface area contributed by atoms with Gasteiger partial charge in [-0.15, -0.1) is 11.3 Å². The fourth-order valence-corrected chi connectivity index (χ4v) is 4.21. The Hall–Kier alpha value is -2.34. The number of carbonyl (C=O) groups excluding carboxylic acids is 1. The first-order chi connectivity index (χ1) is 12.6. The zero-order valence-corrected chi connectivity index (χ0v) is 15.0. The lowest BCUT2D eigenvalue weighted by Gasteiger charge is -2.26. The van der Waals surface area contributed by atoms with E-state index in [1.54, 1.807) is 0 Å². The molecular weight excluding hydrogens is 354 g/mol. The molecule has 2 aromatic carbocycles. The molecule has 3 nitrogen and oxygen atoms in total. The van der Waals surface area contributed by atoms with Gasteiger partial charge >= 0.3 is 0 Å². The van der Waals surface area contributed by atoms with Crippen LogP contribution in [0.25, 0.3) is 20.8 Å². The van der Waals surface area contributed by atoms with Gasteiger partial charge in [0.05, 0.1) is 16.6 Å². The molecular formula is C20H18F2N2OS. The number of piperidine rings is 1. The monoisotopic (exact) mass is 372 g/mol. The van der Waals surface area contributed by atoms with Crippen LogP contribution in [0, 0.1) is 11.6 Å². The molecule has 2 heterocycles. The van der Waals surface area contributed by atoms with Crippen molar-refractivity contribution in [3.8, 4) is 10.6 Å². The van der Waals surface area contributed by atoms with Crippen molar-refractivity contribution in [3.63, 3.8) is 0 Å². The first kappa shape index (κ1) is 17.1. The summed E-state index contributed by atoms with van der Waals surface area (Å²) in [6.07, 6.45) is 3.72. The third-order valence-corrected chi connectivity index (χ3v) is 5.77. The van der Waals surface area contributed by atoms with Crippen molar-refractivity contribution in [2.45, 2.75) is 25.7 Å². The van der Waals surface area contributed by atoms with Crippen molar-refractivity contribution in [2.75, 3.05) is 13.1 Å². The number of hydrogen-bond acceptors (Lipinski definition) is 3. The molecule has 1 saturated heterocycles. The minimum atomic E-state index is -0.880. The molecule has 1 aromatic heterocycles. The van der Waals surface area contributed by atoms with Gasteiger partial charge in [-0.05, 0) is 55.2 Å². The number of thiazole rings is 1. The summed E-state index contributed by atoms with van der Waals surface area (Å²) < 4.78 is 27.5. The number of halogens is 2. The van der Waals surface area contributed by atoms with Crippen LogP contribution in [0.2, 0.25) is 0 Å². The van der Waals surface area contributed by atoms with E-state index in [4.69, 9.17) is 0 Å². The lowest BCUT2D eigenvalue weighted by Crippen LogP contribution is -2.36. The quantitative estimate of drug-likeness (QED) is 0.662. The van der Waals surface area contributed by atoms with Gasteiger partial charge in [-0.2, -0.15) is 0 Å². The SMILES string of the molecule is O=C(Cc1ccc2sc(-c3ccc(F)c(F)c3)nc2c1)N1CCCCC1. The highest BCUT2D eigenvalue weighted by molar-refractivity contribution is 7.21. The number of benzene rings is 2. The van der Waals surface area contributed by atoms with Crippen molar-refractivity contribution in [1.29, 1.82) is 0 Å². The van der Waals surface area contributed by atoms with E-state index >= 15 is 0 Å². The van der Waals surface area contributed by atoms with E-state index in [1.807, 2.05) is 23.1 Å². The van der Waals surface area contributed by atoms with Crippen molar-refractivity contribution >= 4 is 27.5 Å². The van der Waals surface area contributed by atoms with Gasteiger partial charge in [-0.25, -0.2) is 13.8 Å². The fraction of sp³-hybridized carbons (Fsp3) is 0.300. The van der Waals surface area contributed by atoms with Gasteiger partial charge in [-0.1, -0.05) is 6.07 Å². The van der Waals surface area contributed by atoms with Crippen LogP contribution in [0.15, 0.2) is 36.4 Å². The Bertz CT molecular complexity index is 964. The van der Waals surface area contributed by atoms with E-state index < -0.39 is 11.6 Å². The predicted octanol–water partition coefficient (Wildman–Crippen LogP) is 4.80. The Morgan fingerprint density at radius 3 is 2.62 bits per heavy atom. The molecule has 3 aromatic rings. The number of likely N-dealkylation sites (tertiary alicyclic amines) is 1. The first-order valence-corrected chi connectivity index (χ1v) is 9.54. The highest BCUT2D eigenvalue weighted by Gasteiger charge is 2.17. The second-order valence-corrected chi connectivity index (χ2v) is 7.60. The lowest BCUT2D eigenvalue weighted by molar-refractivity contribution is -0.131. The third kappa shape index (κ3) is 3.46. The number of hydrogen-bond donors (Lipinski definition) is 0. The molecule has 4 rings (SSSR count). The second-order valence-electron chi connectivity index (χ2n) is 6.57. The van der Waals surface area contributed by atoms with Crippen LogP contribution in [0.5, 0.6) is 0 Å². The minimum Gasteiger partial charge on any atom is -0.342 e. The molecule has 1 aliphatic heterocycles. The Labute approximate surface area is 154 Å². The van der Waals surface area contributed by atoms with Gasteiger partial charge in [0.15, 0.2) is 11.6 Å². The Morgan fingerprint density at radius 2 is 1.85 bits per heavy atom. The summed E-state index contributed by atoms with van der Waals surface area (Å²) in [5.74, 6) is -1.59.